The average molecular weight is 350 g/mol. The van der Waals surface area contributed by atoms with Gasteiger partial charge in [-0.3, -0.25) is 10.2 Å². The summed E-state index contributed by atoms with van der Waals surface area (Å²) in [6, 6.07) is 1.34. The zero-order chi connectivity index (χ0) is 17.6. The van der Waals surface area contributed by atoms with Crippen molar-refractivity contribution in [2.24, 2.45) is 5.41 Å². The van der Waals surface area contributed by atoms with Crippen LogP contribution in [-0.4, -0.2) is 53.0 Å². The van der Waals surface area contributed by atoms with Crippen LogP contribution in [0.25, 0.3) is 0 Å². The highest BCUT2D eigenvalue weighted by Gasteiger charge is 2.53. The molecule has 134 valence electrons. The van der Waals surface area contributed by atoms with E-state index in [0.29, 0.717) is 12.0 Å². The fourth-order valence-electron chi connectivity index (χ4n) is 3.60. The molecule has 1 aliphatic carbocycles. The lowest BCUT2D eigenvalue weighted by molar-refractivity contribution is -0.585. The normalized spacial score (nSPS) is 22.5. The highest BCUT2D eigenvalue weighted by molar-refractivity contribution is 5.90. The number of aromatic nitrogens is 1. The number of pyridine rings is 1. The summed E-state index contributed by atoms with van der Waals surface area (Å²) in [5.41, 5.74) is 3.53. The number of carbonyl (C=O) groups excluding carboxylic acids is 1. The van der Waals surface area contributed by atoms with Gasteiger partial charge in [0.05, 0.1) is 7.11 Å². The summed E-state index contributed by atoms with van der Waals surface area (Å²) in [6.07, 6.45) is 5.06. The SMILES string of the molecule is COC(=O)OCOc1c2n(ccc1=O)NC1CC3(CC[N+]1=C2O)CC3. The Morgan fingerprint density at radius 3 is 3.00 bits per heavy atom. The second-order valence-electron chi connectivity index (χ2n) is 6.70. The number of methoxy groups -OCH3 is 1. The molecule has 1 saturated carbocycles. The summed E-state index contributed by atoms with van der Waals surface area (Å²) in [5, 5.41) is 10.7. The molecule has 2 fully saturated rings. The van der Waals surface area contributed by atoms with Crippen molar-refractivity contribution in [1.29, 1.82) is 0 Å². The largest absolute Gasteiger partial charge is 0.510 e. The van der Waals surface area contributed by atoms with E-state index in [4.69, 9.17) is 4.74 Å². The van der Waals surface area contributed by atoms with Crippen LogP contribution in [0.5, 0.6) is 5.75 Å². The lowest BCUT2D eigenvalue weighted by atomic mass is 9.92. The Balaban J connectivity index is 1.64. The monoisotopic (exact) mass is 350 g/mol. The number of aliphatic hydroxyl groups excluding tert-OH is 1. The fraction of sp³-hybridized carbons (Fsp3) is 0.562. The van der Waals surface area contributed by atoms with Crippen molar-refractivity contribution in [2.75, 3.05) is 25.9 Å². The molecule has 0 radical (unpaired) electrons. The molecule has 9 heteroatoms. The molecular formula is C16H20N3O6+. The van der Waals surface area contributed by atoms with Crippen LogP contribution in [0.2, 0.25) is 0 Å². The van der Waals surface area contributed by atoms with E-state index in [1.54, 1.807) is 10.9 Å². The number of hydrogen-bond donors (Lipinski definition) is 2. The third-order valence-electron chi connectivity index (χ3n) is 5.22. The first kappa shape index (κ1) is 15.8. The van der Waals surface area contributed by atoms with Crippen LogP contribution in [0.3, 0.4) is 0 Å². The molecule has 0 amide bonds. The van der Waals surface area contributed by atoms with Crippen LogP contribution in [0, 0.1) is 5.41 Å². The van der Waals surface area contributed by atoms with E-state index in [1.165, 1.54) is 26.0 Å². The van der Waals surface area contributed by atoms with Gasteiger partial charge >= 0.3 is 12.1 Å². The summed E-state index contributed by atoms with van der Waals surface area (Å²) in [6.45, 7) is 0.226. The summed E-state index contributed by atoms with van der Waals surface area (Å²) in [4.78, 5) is 23.2. The zero-order valence-electron chi connectivity index (χ0n) is 13.9. The van der Waals surface area contributed by atoms with Gasteiger partial charge in [-0.25, -0.2) is 9.47 Å². The number of rotatable bonds is 3. The molecule has 3 heterocycles. The Morgan fingerprint density at radius 2 is 2.28 bits per heavy atom. The Bertz CT molecular complexity index is 811. The molecule has 1 atom stereocenters. The minimum absolute atomic E-state index is 0.00924. The van der Waals surface area contributed by atoms with Gasteiger partial charge < -0.3 is 19.3 Å². The van der Waals surface area contributed by atoms with Gasteiger partial charge in [0.1, 0.15) is 6.54 Å². The summed E-state index contributed by atoms with van der Waals surface area (Å²) >= 11 is 0. The molecule has 3 aliphatic rings. The number of fused-ring (bicyclic) bond motifs is 2. The molecule has 1 saturated heterocycles. The molecule has 1 unspecified atom stereocenters. The molecular weight excluding hydrogens is 330 g/mol. The van der Waals surface area contributed by atoms with Crippen molar-refractivity contribution in [3.8, 4) is 5.75 Å². The minimum atomic E-state index is -0.915. The van der Waals surface area contributed by atoms with Crippen LogP contribution in [-0.2, 0) is 9.47 Å². The average Bonchev–Trinajstić information content (AvgIpc) is 3.35. The standard InChI is InChI=1S/C16H19N3O6/c1-23-15(22)25-9-24-13-10(20)2-6-19-12(13)14(21)18-7-5-16(3-4-16)8-11(18)17-19/h2,6,11,17H,3-5,7-9H2,1H3/p+1. The van der Waals surface area contributed by atoms with Crippen LogP contribution >= 0.6 is 0 Å². The van der Waals surface area contributed by atoms with Crippen LogP contribution in [0.4, 0.5) is 4.79 Å². The van der Waals surface area contributed by atoms with Gasteiger partial charge in [0.25, 0.3) is 0 Å². The van der Waals surface area contributed by atoms with E-state index in [1.807, 2.05) is 4.58 Å². The Hall–Kier alpha value is -2.71. The number of ether oxygens (including phenoxy) is 3. The summed E-state index contributed by atoms with van der Waals surface area (Å²) in [5.74, 6) is -0.0911. The van der Waals surface area contributed by atoms with Crippen LogP contribution < -0.4 is 15.6 Å². The fourth-order valence-corrected chi connectivity index (χ4v) is 3.60. The van der Waals surface area contributed by atoms with Gasteiger partial charge in [-0.2, -0.15) is 4.58 Å². The van der Waals surface area contributed by atoms with Gasteiger partial charge in [-0.15, -0.1) is 0 Å². The molecule has 0 aromatic carbocycles. The number of carbonyl (C=O) groups is 1. The number of piperidine rings is 1. The minimum Gasteiger partial charge on any atom is -0.458 e. The Labute approximate surface area is 143 Å². The highest BCUT2D eigenvalue weighted by Crippen LogP contribution is 2.54. The van der Waals surface area contributed by atoms with Crippen molar-refractivity contribution < 1.29 is 28.7 Å². The quantitative estimate of drug-likeness (QED) is 0.471. The predicted molar refractivity (Wildman–Crippen MR) is 85.6 cm³/mol. The molecule has 1 aromatic heterocycles. The second kappa shape index (κ2) is 5.68. The number of aliphatic hydroxyl groups is 1. The van der Waals surface area contributed by atoms with E-state index >= 15 is 0 Å². The Morgan fingerprint density at radius 1 is 1.48 bits per heavy atom. The van der Waals surface area contributed by atoms with Gasteiger partial charge in [-0.05, 0) is 18.3 Å². The van der Waals surface area contributed by atoms with Crippen molar-refractivity contribution in [2.45, 2.75) is 31.8 Å². The lowest BCUT2D eigenvalue weighted by Gasteiger charge is -2.33. The number of nitrogens with one attached hydrogen (secondary N) is 1. The maximum atomic E-state index is 12.2. The first-order chi connectivity index (χ1) is 12.0. The van der Waals surface area contributed by atoms with Crippen molar-refractivity contribution in [1.82, 2.24) is 4.68 Å². The number of nitrogens with zero attached hydrogens (tertiary/aromatic N) is 2. The molecule has 1 aromatic rings. The van der Waals surface area contributed by atoms with Crippen molar-refractivity contribution >= 4 is 12.1 Å². The molecule has 2 aliphatic heterocycles. The van der Waals surface area contributed by atoms with Crippen molar-refractivity contribution in [3.63, 3.8) is 0 Å². The first-order valence-electron chi connectivity index (χ1n) is 8.22. The molecule has 2 N–H and O–H groups in total. The van der Waals surface area contributed by atoms with Crippen LogP contribution in [0.15, 0.2) is 17.1 Å². The molecule has 4 rings (SSSR count). The van der Waals surface area contributed by atoms with Gasteiger partial charge in [-0.1, -0.05) is 0 Å². The molecule has 25 heavy (non-hydrogen) atoms. The zero-order valence-corrected chi connectivity index (χ0v) is 13.9. The van der Waals surface area contributed by atoms with E-state index in [2.05, 4.69) is 14.9 Å². The van der Waals surface area contributed by atoms with E-state index in [0.717, 1.165) is 12.8 Å². The molecule has 0 bridgehead atoms. The second-order valence-corrected chi connectivity index (χ2v) is 6.70. The summed E-state index contributed by atoms with van der Waals surface area (Å²) in [7, 11) is 1.17. The Kier molecular flexibility index (Phi) is 3.59. The maximum absolute atomic E-state index is 12.2. The van der Waals surface area contributed by atoms with E-state index < -0.39 is 18.4 Å². The van der Waals surface area contributed by atoms with Gasteiger partial charge in [0.15, 0.2) is 0 Å². The smallest absolute Gasteiger partial charge is 0.458 e. The summed E-state index contributed by atoms with van der Waals surface area (Å²) < 4.78 is 17.8. The topological polar surface area (TPSA) is 102 Å². The third kappa shape index (κ3) is 2.69. The highest BCUT2D eigenvalue weighted by atomic mass is 16.8. The number of hydrogen-bond acceptors (Lipinski definition) is 6. The maximum Gasteiger partial charge on any atom is 0.510 e. The van der Waals surface area contributed by atoms with E-state index in [-0.39, 0.29) is 23.5 Å². The molecule has 9 nitrogen and oxygen atoms in total. The third-order valence-corrected chi connectivity index (χ3v) is 5.22. The first-order valence-corrected chi connectivity index (χ1v) is 8.22. The predicted octanol–water partition coefficient (Wildman–Crippen LogP) is 0.742. The van der Waals surface area contributed by atoms with Gasteiger partial charge in [0.2, 0.25) is 29.8 Å². The van der Waals surface area contributed by atoms with E-state index in [9.17, 15) is 14.7 Å². The van der Waals surface area contributed by atoms with Crippen LogP contribution in [0.1, 0.15) is 31.4 Å². The lowest BCUT2D eigenvalue weighted by Crippen LogP contribution is -2.52. The van der Waals surface area contributed by atoms with Crippen molar-refractivity contribution in [3.05, 3.63) is 28.2 Å². The molecule has 1 spiro atoms. The van der Waals surface area contributed by atoms with Gasteiger partial charge in [0, 0.05) is 25.1 Å².